The summed E-state index contributed by atoms with van der Waals surface area (Å²) in [4.78, 5) is 23.0. The molecule has 6 nitrogen and oxygen atoms in total. The number of ether oxygens (including phenoxy) is 1. The Hall–Kier alpha value is -1.52. The van der Waals surface area contributed by atoms with Gasteiger partial charge in [0.05, 0.1) is 11.7 Å². The maximum Gasteiger partial charge on any atom is 0.183 e. The van der Waals surface area contributed by atoms with Crippen molar-refractivity contribution in [3.63, 3.8) is 0 Å². The van der Waals surface area contributed by atoms with Gasteiger partial charge < -0.3 is 20.1 Å². The third kappa shape index (κ3) is 8.81. The molecular weight excluding hydrogens is 348 g/mol. The summed E-state index contributed by atoms with van der Waals surface area (Å²) >= 11 is 0. The van der Waals surface area contributed by atoms with E-state index in [1.165, 1.54) is 0 Å². The minimum Gasteiger partial charge on any atom is -0.392 e. The van der Waals surface area contributed by atoms with Gasteiger partial charge in [-0.1, -0.05) is 37.8 Å². The first kappa shape index (κ1) is 23.5. The molecule has 6 heteroatoms. The van der Waals surface area contributed by atoms with Crippen molar-refractivity contribution in [1.82, 2.24) is 0 Å². The zero-order chi connectivity index (χ0) is 20.3. The van der Waals surface area contributed by atoms with Gasteiger partial charge in [0.1, 0.15) is 25.6 Å². The van der Waals surface area contributed by atoms with Crippen LogP contribution in [0.5, 0.6) is 0 Å². The summed E-state index contributed by atoms with van der Waals surface area (Å²) in [6.07, 6.45) is 6.57. The molecule has 1 rings (SSSR count). The summed E-state index contributed by atoms with van der Waals surface area (Å²) in [6.45, 7) is 3.19. The number of Topliss-reactive ketones (excluding diaryl/α,β-unsaturated/α-hetero) is 2. The minimum atomic E-state index is -0.779. The Bertz CT molecular complexity index is 569. The second kappa shape index (κ2) is 12.0. The van der Waals surface area contributed by atoms with Crippen molar-refractivity contribution in [2.75, 3.05) is 19.8 Å². The second-order valence-corrected chi connectivity index (χ2v) is 7.40. The van der Waals surface area contributed by atoms with Gasteiger partial charge in [-0.15, -0.1) is 5.92 Å². The molecule has 0 spiro atoms. The van der Waals surface area contributed by atoms with E-state index in [4.69, 9.17) is 9.84 Å². The third-order valence-corrected chi connectivity index (χ3v) is 4.78. The first-order valence-electron chi connectivity index (χ1n) is 9.56. The van der Waals surface area contributed by atoms with E-state index in [1.54, 1.807) is 6.92 Å². The van der Waals surface area contributed by atoms with Gasteiger partial charge in [-0.2, -0.15) is 0 Å². The van der Waals surface area contributed by atoms with Crippen LogP contribution in [-0.2, 0) is 14.3 Å². The van der Waals surface area contributed by atoms with Crippen LogP contribution in [0.2, 0.25) is 0 Å². The molecule has 3 N–H and O–H groups in total. The molecule has 1 aliphatic rings. The molecule has 0 aromatic carbocycles. The Morgan fingerprint density at radius 2 is 2.15 bits per heavy atom. The number of carbonyl (C=O) groups is 2. The highest BCUT2D eigenvalue weighted by Gasteiger charge is 2.39. The number of ketones is 2. The third-order valence-electron chi connectivity index (χ3n) is 4.78. The summed E-state index contributed by atoms with van der Waals surface area (Å²) < 4.78 is 5.00. The molecule has 1 unspecified atom stereocenters. The number of rotatable bonds is 11. The fourth-order valence-electron chi connectivity index (χ4n) is 3.12. The van der Waals surface area contributed by atoms with E-state index in [0.29, 0.717) is 19.3 Å². The van der Waals surface area contributed by atoms with Crippen molar-refractivity contribution >= 4 is 11.6 Å². The molecule has 0 aromatic heterocycles. The highest BCUT2D eigenvalue weighted by atomic mass is 16.5. The van der Waals surface area contributed by atoms with Crippen LogP contribution in [-0.4, -0.2) is 58.4 Å². The van der Waals surface area contributed by atoms with Crippen molar-refractivity contribution in [2.24, 2.45) is 11.8 Å². The van der Waals surface area contributed by atoms with Gasteiger partial charge in [0.25, 0.3) is 0 Å². The van der Waals surface area contributed by atoms with Gasteiger partial charge in [0.2, 0.25) is 0 Å². The summed E-state index contributed by atoms with van der Waals surface area (Å²) in [7, 11) is 0. The van der Waals surface area contributed by atoms with Crippen LogP contribution in [0.25, 0.3) is 0 Å². The number of aliphatic hydroxyl groups excluding tert-OH is 2. The number of hydrogen-bond acceptors (Lipinski definition) is 6. The lowest BCUT2D eigenvalue weighted by Crippen LogP contribution is -2.23. The average molecular weight is 380 g/mol. The molecule has 0 radical (unpaired) electrons. The lowest BCUT2D eigenvalue weighted by molar-refractivity contribution is -0.125. The van der Waals surface area contributed by atoms with Gasteiger partial charge in [-0.25, -0.2) is 0 Å². The van der Waals surface area contributed by atoms with E-state index in [2.05, 4.69) is 18.8 Å². The molecule has 1 fully saturated rings. The first-order chi connectivity index (χ1) is 12.8. The largest absolute Gasteiger partial charge is 0.392 e. The van der Waals surface area contributed by atoms with E-state index in [0.717, 1.165) is 12.8 Å². The van der Waals surface area contributed by atoms with Gasteiger partial charge in [0, 0.05) is 24.7 Å². The van der Waals surface area contributed by atoms with E-state index in [-0.39, 0.29) is 37.3 Å². The highest BCUT2D eigenvalue weighted by molar-refractivity contribution is 5.85. The van der Waals surface area contributed by atoms with Crippen LogP contribution in [0, 0.1) is 23.7 Å². The molecule has 1 saturated carbocycles. The van der Waals surface area contributed by atoms with Crippen LogP contribution in [0.4, 0.5) is 0 Å². The highest BCUT2D eigenvalue weighted by Crippen LogP contribution is 2.33. The van der Waals surface area contributed by atoms with Crippen molar-refractivity contribution in [2.45, 2.75) is 64.1 Å². The maximum atomic E-state index is 12.1. The lowest BCUT2D eigenvalue weighted by atomic mass is 9.89. The summed E-state index contributed by atoms with van der Waals surface area (Å²) in [5.74, 6) is 4.52. The van der Waals surface area contributed by atoms with Crippen LogP contribution in [0.15, 0.2) is 12.2 Å². The van der Waals surface area contributed by atoms with Crippen LogP contribution >= 0.6 is 0 Å². The molecule has 0 aliphatic heterocycles. The Morgan fingerprint density at radius 3 is 2.81 bits per heavy atom. The monoisotopic (exact) mass is 380 g/mol. The quantitative estimate of drug-likeness (QED) is 0.284. The molecule has 0 amide bonds. The van der Waals surface area contributed by atoms with Gasteiger partial charge >= 0.3 is 0 Å². The average Bonchev–Trinajstić information content (AvgIpc) is 2.89. The van der Waals surface area contributed by atoms with E-state index in [1.807, 2.05) is 12.2 Å². The van der Waals surface area contributed by atoms with E-state index >= 15 is 0 Å². The topological polar surface area (TPSA) is 104 Å². The number of aliphatic hydroxyl groups is 3. The van der Waals surface area contributed by atoms with Crippen molar-refractivity contribution < 1.29 is 29.6 Å². The number of carbonyl (C=O) groups excluding carboxylic acids is 2. The molecular formula is C21H32O6. The predicted octanol–water partition coefficient (Wildman–Crippen LogP) is 1.41. The summed E-state index contributed by atoms with van der Waals surface area (Å²) in [5.41, 5.74) is -0.779. The predicted molar refractivity (Wildman–Crippen MR) is 102 cm³/mol. The molecule has 0 aromatic rings. The van der Waals surface area contributed by atoms with Crippen molar-refractivity contribution in [3.05, 3.63) is 12.2 Å². The normalized spacial score (nSPS) is 24.6. The Kier molecular flexibility index (Phi) is 10.5. The minimum absolute atomic E-state index is 0.0134. The second-order valence-electron chi connectivity index (χ2n) is 7.40. The molecule has 0 bridgehead atoms. The van der Waals surface area contributed by atoms with Gasteiger partial charge in [0.15, 0.2) is 5.78 Å². The molecule has 152 valence electrons. The molecule has 4 atom stereocenters. The smallest absolute Gasteiger partial charge is 0.183 e. The SMILES string of the molecule is CCCCC(C)(O)C/C=C/[C@H]1[C@H](CC#CCOCC(=O)CO)C(=O)C[C@@H]1O. The zero-order valence-electron chi connectivity index (χ0n) is 16.3. The molecule has 27 heavy (non-hydrogen) atoms. The standard InChI is InChI=1S/C21H32O6/c1-3-4-10-21(2,26)11-7-9-18-17(19(24)13-20(18)25)8-5-6-12-27-15-16(23)14-22/h7,9,17-18,20,22,25-26H,3-4,8,10-15H2,1-2H3/b9-7+/t17-,18-,20-,21?/m0/s1. The Morgan fingerprint density at radius 1 is 1.41 bits per heavy atom. The summed E-state index contributed by atoms with van der Waals surface area (Å²) in [5, 5.41) is 29.1. The van der Waals surface area contributed by atoms with Crippen molar-refractivity contribution in [1.29, 1.82) is 0 Å². The fraction of sp³-hybridized carbons (Fsp3) is 0.714. The van der Waals surface area contributed by atoms with Crippen LogP contribution in [0.3, 0.4) is 0 Å². The fourth-order valence-corrected chi connectivity index (χ4v) is 3.12. The number of hydrogen-bond donors (Lipinski definition) is 3. The molecule has 0 heterocycles. The Labute approximate surface area is 161 Å². The Balaban J connectivity index is 2.54. The van der Waals surface area contributed by atoms with E-state index in [9.17, 15) is 19.8 Å². The lowest BCUT2D eigenvalue weighted by Gasteiger charge is -2.22. The molecule has 1 aliphatic carbocycles. The molecule has 0 saturated heterocycles. The van der Waals surface area contributed by atoms with E-state index < -0.39 is 24.1 Å². The first-order valence-corrected chi connectivity index (χ1v) is 9.56. The van der Waals surface area contributed by atoms with Crippen molar-refractivity contribution in [3.8, 4) is 11.8 Å². The van der Waals surface area contributed by atoms with Crippen LogP contribution in [0.1, 0.15) is 52.4 Å². The maximum absolute atomic E-state index is 12.1. The van der Waals surface area contributed by atoms with Gasteiger partial charge in [-0.3, -0.25) is 9.59 Å². The summed E-state index contributed by atoms with van der Waals surface area (Å²) in [6, 6.07) is 0. The number of unbranched alkanes of at least 4 members (excludes halogenated alkanes) is 1. The zero-order valence-corrected chi connectivity index (χ0v) is 16.3. The van der Waals surface area contributed by atoms with Crippen LogP contribution < -0.4 is 0 Å². The van der Waals surface area contributed by atoms with Gasteiger partial charge in [-0.05, 0) is 19.8 Å².